The molecule has 0 atom stereocenters. The molecule has 0 aliphatic heterocycles. The standard InChI is InChI=1S/C6H13N5O/c1-6(2,3)12-11-5-8-4(7)9-10-5/h1-3H3,(H4,7,8,9,10,11). The number of anilines is 2. The summed E-state index contributed by atoms with van der Waals surface area (Å²) in [6, 6.07) is 0. The van der Waals surface area contributed by atoms with Gasteiger partial charge in [-0.05, 0) is 20.8 Å². The number of nitrogens with one attached hydrogen (secondary N) is 2. The van der Waals surface area contributed by atoms with Crippen LogP contribution in [0.15, 0.2) is 0 Å². The van der Waals surface area contributed by atoms with Crippen molar-refractivity contribution in [2.75, 3.05) is 11.2 Å². The number of hydrogen-bond donors (Lipinski definition) is 3. The lowest BCUT2D eigenvalue weighted by Gasteiger charge is -2.17. The highest BCUT2D eigenvalue weighted by Crippen LogP contribution is 2.08. The van der Waals surface area contributed by atoms with E-state index in [1.165, 1.54) is 0 Å². The molecule has 4 N–H and O–H groups in total. The monoisotopic (exact) mass is 171 g/mol. The summed E-state index contributed by atoms with van der Waals surface area (Å²) in [5, 5.41) is 6.20. The van der Waals surface area contributed by atoms with Gasteiger partial charge in [0.2, 0.25) is 5.95 Å². The zero-order valence-electron chi connectivity index (χ0n) is 7.38. The largest absolute Gasteiger partial charge is 0.368 e. The summed E-state index contributed by atoms with van der Waals surface area (Å²) in [6.45, 7) is 5.74. The highest BCUT2D eigenvalue weighted by Gasteiger charge is 2.11. The maximum Gasteiger partial charge on any atom is 0.267 e. The summed E-state index contributed by atoms with van der Waals surface area (Å²) >= 11 is 0. The van der Waals surface area contributed by atoms with E-state index in [4.69, 9.17) is 10.6 Å². The molecular weight excluding hydrogens is 158 g/mol. The van der Waals surface area contributed by atoms with Gasteiger partial charge in [0.25, 0.3) is 5.95 Å². The SMILES string of the molecule is CC(C)(C)ONc1n[nH]c(N)n1. The molecule has 1 heterocycles. The van der Waals surface area contributed by atoms with Crippen molar-refractivity contribution in [1.82, 2.24) is 15.2 Å². The number of aromatic nitrogens is 3. The number of nitrogens with zero attached hydrogens (tertiary/aromatic N) is 2. The molecule has 0 aliphatic rings. The van der Waals surface area contributed by atoms with Gasteiger partial charge in [-0.3, -0.25) is 4.84 Å². The van der Waals surface area contributed by atoms with Crippen LogP contribution in [-0.4, -0.2) is 20.8 Å². The van der Waals surface area contributed by atoms with Gasteiger partial charge in [-0.1, -0.05) is 0 Å². The lowest BCUT2D eigenvalue weighted by molar-refractivity contribution is 0.0359. The second-order valence-corrected chi connectivity index (χ2v) is 3.36. The molecule has 1 aromatic heterocycles. The van der Waals surface area contributed by atoms with Gasteiger partial charge in [-0.2, -0.15) is 4.98 Å². The highest BCUT2D eigenvalue weighted by molar-refractivity contribution is 5.27. The van der Waals surface area contributed by atoms with E-state index >= 15 is 0 Å². The molecule has 0 aromatic carbocycles. The maximum absolute atomic E-state index is 5.29. The van der Waals surface area contributed by atoms with Gasteiger partial charge in [0, 0.05) is 0 Å². The quantitative estimate of drug-likeness (QED) is 0.565. The fourth-order valence-corrected chi connectivity index (χ4v) is 0.519. The normalized spacial score (nSPS) is 11.6. The van der Waals surface area contributed by atoms with E-state index in [2.05, 4.69) is 20.7 Å². The summed E-state index contributed by atoms with van der Waals surface area (Å²) in [7, 11) is 0. The van der Waals surface area contributed by atoms with Gasteiger partial charge in [0.1, 0.15) is 0 Å². The van der Waals surface area contributed by atoms with E-state index in [9.17, 15) is 0 Å². The van der Waals surface area contributed by atoms with Crippen LogP contribution in [0, 0.1) is 0 Å². The van der Waals surface area contributed by atoms with Crippen molar-refractivity contribution >= 4 is 11.9 Å². The van der Waals surface area contributed by atoms with Crippen LogP contribution >= 0.6 is 0 Å². The van der Waals surface area contributed by atoms with Crippen LogP contribution in [0.1, 0.15) is 20.8 Å². The average molecular weight is 171 g/mol. The third-order valence-electron chi connectivity index (χ3n) is 0.951. The van der Waals surface area contributed by atoms with Crippen molar-refractivity contribution in [3.05, 3.63) is 0 Å². The number of aromatic amines is 1. The number of H-pyrrole nitrogens is 1. The first-order valence-corrected chi connectivity index (χ1v) is 3.59. The van der Waals surface area contributed by atoms with Crippen LogP contribution in [0.3, 0.4) is 0 Å². The molecule has 68 valence electrons. The van der Waals surface area contributed by atoms with Crippen LogP contribution in [0.4, 0.5) is 11.9 Å². The lowest BCUT2D eigenvalue weighted by atomic mass is 10.2. The minimum atomic E-state index is -0.282. The Morgan fingerprint density at radius 1 is 1.50 bits per heavy atom. The summed E-state index contributed by atoms with van der Waals surface area (Å²) in [5.74, 6) is 0.595. The van der Waals surface area contributed by atoms with Crippen molar-refractivity contribution in [3.8, 4) is 0 Å². The van der Waals surface area contributed by atoms with Gasteiger partial charge in [0.15, 0.2) is 0 Å². The second-order valence-electron chi connectivity index (χ2n) is 3.36. The Bertz CT molecular complexity index is 251. The Kier molecular flexibility index (Phi) is 2.18. The van der Waals surface area contributed by atoms with E-state index < -0.39 is 0 Å². The van der Waals surface area contributed by atoms with Crippen molar-refractivity contribution < 1.29 is 4.84 Å². The first-order chi connectivity index (χ1) is 5.47. The second kappa shape index (κ2) is 2.98. The maximum atomic E-state index is 5.29. The van der Waals surface area contributed by atoms with Gasteiger partial charge in [-0.15, -0.1) is 5.10 Å². The predicted molar refractivity (Wildman–Crippen MR) is 45.3 cm³/mol. The first kappa shape index (κ1) is 8.79. The molecule has 0 saturated carbocycles. The molecule has 0 amide bonds. The van der Waals surface area contributed by atoms with Crippen molar-refractivity contribution in [1.29, 1.82) is 0 Å². The Labute approximate surface area is 70.5 Å². The first-order valence-electron chi connectivity index (χ1n) is 3.59. The summed E-state index contributed by atoms with van der Waals surface area (Å²) < 4.78 is 0. The van der Waals surface area contributed by atoms with Crippen molar-refractivity contribution in [2.45, 2.75) is 26.4 Å². The van der Waals surface area contributed by atoms with Crippen LogP contribution in [-0.2, 0) is 4.84 Å². The van der Waals surface area contributed by atoms with Crippen LogP contribution < -0.4 is 11.2 Å². The highest BCUT2D eigenvalue weighted by atomic mass is 16.7. The molecule has 0 unspecified atom stereocenters. The molecule has 0 bridgehead atoms. The molecule has 6 nitrogen and oxygen atoms in total. The van der Waals surface area contributed by atoms with Crippen molar-refractivity contribution in [3.63, 3.8) is 0 Å². The average Bonchev–Trinajstić information content (AvgIpc) is 2.30. The fraction of sp³-hybridized carbons (Fsp3) is 0.667. The molecule has 0 fully saturated rings. The van der Waals surface area contributed by atoms with Gasteiger partial charge >= 0.3 is 0 Å². The van der Waals surface area contributed by atoms with Crippen molar-refractivity contribution in [2.24, 2.45) is 0 Å². The number of hydrogen-bond acceptors (Lipinski definition) is 5. The van der Waals surface area contributed by atoms with E-state index in [1.807, 2.05) is 20.8 Å². The number of rotatable bonds is 2. The Morgan fingerprint density at radius 3 is 2.58 bits per heavy atom. The Morgan fingerprint density at radius 2 is 2.17 bits per heavy atom. The van der Waals surface area contributed by atoms with E-state index in [0.717, 1.165) is 0 Å². The third kappa shape index (κ3) is 2.75. The summed E-state index contributed by atoms with van der Waals surface area (Å²) in [5.41, 5.74) is 7.58. The minimum Gasteiger partial charge on any atom is -0.368 e. The zero-order valence-corrected chi connectivity index (χ0v) is 7.38. The lowest BCUT2D eigenvalue weighted by Crippen LogP contribution is -2.23. The van der Waals surface area contributed by atoms with Gasteiger partial charge in [0.05, 0.1) is 5.60 Å². The van der Waals surface area contributed by atoms with Gasteiger partial charge < -0.3 is 5.73 Å². The molecule has 0 radical (unpaired) electrons. The van der Waals surface area contributed by atoms with Gasteiger partial charge in [-0.25, -0.2) is 10.6 Å². The minimum absolute atomic E-state index is 0.259. The third-order valence-corrected chi connectivity index (χ3v) is 0.951. The Hall–Kier alpha value is -1.30. The molecule has 0 spiro atoms. The molecular formula is C6H13N5O. The molecule has 6 heteroatoms. The summed E-state index contributed by atoms with van der Waals surface area (Å²) in [4.78, 5) is 8.97. The van der Waals surface area contributed by atoms with Crippen LogP contribution in [0.2, 0.25) is 0 Å². The molecule has 0 saturated heterocycles. The smallest absolute Gasteiger partial charge is 0.267 e. The van der Waals surface area contributed by atoms with E-state index in [1.54, 1.807) is 0 Å². The summed E-state index contributed by atoms with van der Waals surface area (Å²) in [6.07, 6.45) is 0. The number of nitrogens with two attached hydrogens (primary N) is 1. The molecule has 0 aliphatic carbocycles. The fourth-order valence-electron chi connectivity index (χ4n) is 0.519. The van der Waals surface area contributed by atoms with Crippen LogP contribution in [0.25, 0.3) is 0 Å². The molecule has 1 aromatic rings. The van der Waals surface area contributed by atoms with E-state index in [-0.39, 0.29) is 11.5 Å². The topological polar surface area (TPSA) is 88.8 Å². The zero-order chi connectivity index (χ0) is 9.19. The molecule has 1 rings (SSSR count). The Balaban J connectivity index is 2.44. The molecule has 12 heavy (non-hydrogen) atoms. The van der Waals surface area contributed by atoms with E-state index in [0.29, 0.717) is 5.95 Å². The van der Waals surface area contributed by atoms with Crippen LogP contribution in [0.5, 0.6) is 0 Å². The predicted octanol–water partition coefficient (Wildman–Crippen LogP) is 0.529. The number of nitrogen functional groups attached to an aromatic ring is 1.